The van der Waals surface area contributed by atoms with Crippen LogP contribution in [0.2, 0.25) is 0 Å². The van der Waals surface area contributed by atoms with E-state index in [9.17, 15) is 13.2 Å². The molecule has 0 aliphatic carbocycles. The lowest BCUT2D eigenvalue weighted by molar-refractivity contribution is -0.137. The third-order valence-corrected chi connectivity index (χ3v) is 2.26. The summed E-state index contributed by atoms with van der Waals surface area (Å²) in [6, 6.07) is 5.02. The highest BCUT2D eigenvalue weighted by molar-refractivity contribution is 5.66. The van der Waals surface area contributed by atoms with Crippen LogP contribution in [0.15, 0.2) is 24.3 Å². The summed E-state index contributed by atoms with van der Waals surface area (Å²) in [6.07, 6.45) is -4.47. The second kappa shape index (κ2) is 4.17. The zero-order valence-corrected chi connectivity index (χ0v) is 8.49. The van der Waals surface area contributed by atoms with Gasteiger partial charge in [0.2, 0.25) is 0 Å². The molecule has 1 aromatic carbocycles. The van der Waals surface area contributed by atoms with E-state index in [2.05, 4.69) is 15.4 Å². The molecule has 90 valence electrons. The van der Waals surface area contributed by atoms with Gasteiger partial charge in [-0.15, -0.1) is 0 Å². The molecule has 2 N–H and O–H groups in total. The Hall–Kier alpha value is -1.89. The Morgan fingerprint density at radius 2 is 1.88 bits per heavy atom. The number of hydrogen-bond donors (Lipinski definition) is 2. The van der Waals surface area contributed by atoms with Gasteiger partial charge in [0.25, 0.3) is 0 Å². The number of halogens is 3. The molecule has 7 heteroatoms. The van der Waals surface area contributed by atoms with Crippen molar-refractivity contribution in [3.8, 4) is 11.3 Å². The zero-order chi connectivity index (χ0) is 12.5. The monoisotopic (exact) mass is 243 g/mol. The molecule has 0 fully saturated rings. The van der Waals surface area contributed by atoms with Crippen LogP contribution in [-0.2, 0) is 12.8 Å². The second-order valence-corrected chi connectivity index (χ2v) is 3.32. The Kier molecular flexibility index (Phi) is 2.84. The van der Waals surface area contributed by atoms with Gasteiger partial charge in [-0.1, -0.05) is 18.2 Å². The number of alkyl halides is 3. The minimum absolute atomic E-state index is 0.0143. The summed E-state index contributed by atoms with van der Waals surface area (Å²) in [5.41, 5.74) is -0.802. The van der Waals surface area contributed by atoms with Gasteiger partial charge in [0, 0.05) is 5.56 Å². The van der Waals surface area contributed by atoms with Crippen molar-refractivity contribution in [3.05, 3.63) is 35.5 Å². The van der Waals surface area contributed by atoms with E-state index in [0.717, 1.165) is 6.07 Å². The Balaban J connectivity index is 2.60. The van der Waals surface area contributed by atoms with Crippen molar-refractivity contribution in [3.63, 3.8) is 0 Å². The van der Waals surface area contributed by atoms with Gasteiger partial charge in [-0.2, -0.15) is 28.6 Å². The maximum absolute atomic E-state index is 12.8. The lowest BCUT2D eigenvalue weighted by Crippen LogP contribution is -2.07. The molecule has 1 aromatic heterocycles. The number of aromatic nitrogens is 3. The number of aliphatic hydroxyl groups is 1. The summed E-state index contributed by atoms with van der Waals surface area (Å²) in [6.45, 7) is -0.474. The lowest BCUT2D eigenvalue weighted by Gasteiger charge is -2.11. The van der Waals surface area contributed by atoms with E-state index < -0.39 is 18.3 Å². The molecule has 0 unspecified atom stereocenters. The predicted octanol–water partition coefficient (Wildman–Crippen LogP) is 1.98. The second-order valence-electron chi connectivity index (χ2n) is 3.32. The van der Waals surface area contributed by atoms with Crippen LogP contribution >= 0.6 is 0 Å². The van der Waals surface area contributed by atoms with E-state index in [1.807, 2.05) is 0 Å². The molecule has 0 atom stereocenters. The quantitative estimate of drug-likeness (QED) is 0.847. The van der Waals surface area contributed by atoms with Crippen LogP contribution in [0.3, 0.4) is 0 Å². The zero-order valence-electron chi connectivity index (χ0n) is 8.49. The first-order valence-electron chi connectivity index (χ1n) is 4.71. The van der Waals surface area contributed by atoms with Gasteiger partial charge in [-0.3, -0.25) is 0 Å². The summed E-state index contributed by atoms with van der Waals surface area (Å²) in [4.78, 5) is 0. The van der Waals surface area contributed by atoms with Gasteiger partial charge in [0.15, 0.2) is 0 Å². The number of nitrogens with zero attached hydrogens (tertiary/aromatic N) is 2. The summed E-state index contributed by atoms with van der Waals surface area (Å²) >= 11 is 0. The Labute approximate surface area is 94.1 Å². The van der Waals surface area contributed by atoms with Gasteiger partial charge in [-0.25, -0.2) is 0 Å². The van der Waals surface area contributed by atoms with Crippen LogP contribution in [0, 0.1) is 0 Å². The topological polar surface area (TPSA) is 61.8 Å². The van der Waals surface area contributed by atoms with Crippen LogP contribution in [0.25, 0.3) is 11.3 Å². The SMILES string of the molecule is OCc1n[nH]nc1-c1ccccc1C(F)(F)F. The van der Waals surface area contributed by atoms with Crippen LogP contribution < -0.4 is 0 Å². The van der Waals surface area contributed by atoms with Gasteiger partial charge >= 0.3 is 6.18 Å². The number of benzene rings is 1. The van der Waals surface area contributed by atoms with Crippen LogP contribution in [0.1, 0.15) is 11.3 Å². The summed E-state index contributed by atoms with van der Waals surface area (Å²) < 4.78 is 38.3. The van der Waals surface area contributed by atoms with E-state index in [1.165, 1.54) is 18.2 Å². The molecule has 1 heterocycles. The fraction of sp³-hybridized carbons (Fsp3) is 0.200. The molecule has 0 aliphatic rings. The number of nitrogens with one attached hydrogen (secondary N) is 1. The molecule has 0 aliphatic heterocycles. The normalized spacial score (nSPS) is 11.8. The highest BCUT2D eigenvalue weighted by Gasteiger charge is 2.34. The number of hydrogen-bond acceptors (Lipinski definition) is 3. The summed E-state index contributed by atoms with van der Waals surface area (Å²) in [7, 11) is 0. The van der Waals surface area contributed by atoms with Crippen molar-refractivity contribution in [1.82, 2.24) is 15.4 Å². The molecule has 0 saturated carbocycles. The van der Waals surface area contributed by atoms with E-state index in [1.54, 1.807) is 0 Å². The molecular formula is C10H8F3N3O. The van der Waals surface area contributed by atoms with Crippen molar-refractivity contribution in [2.75, 3.05) is 0 Å². The van der Waals surface area contributed by atoms with Gasteiger partial charge in [0.05, 0.1) is 12.2 Å². The van der Waals surface area contributed by atoms with Gasteiger partial charge < -0.3 is 5.11 Å². The smallest absolute Gasteiger partial charge is 0.390 e. The fourth-order valence-electron chi connectivity index (χ4n) is 1.52. The first-order chi connectivity index (χ1) is 8.04. The van der Waals surface area contributed by atoms with E-state index >= 15 is 0 Å². The minimum Gasteiger partial charge on any atom is -0.390 e. The molecule has 0 spiro atoms. The van der Waals surface area contributed by atoms with Crippen LogP contribution in [0.5, 0.6) is 0 Å². The van der Waals surface area contributed by atoms with Gasteiger partial charge in [0.1, 0.15) is 11.4 Å². The number of H-pyrrole nitrogens is 1. The Bertz CT molecular complexity index is 522. The van der Waals surface area contributed by atoms with Gasteiger partial charge in [-0.05, 0) is 6.07 Å². The van der Waals surface area contributed by atoms with E-state index in [-0.39, 0.29) is 17.0 Å². The Morgan fingerprint density at radius 1 is 1.18 bits per heavy atom. The molecule has 0 saturated heterocycles. The highest BCUT2D eigenvalue weighted by Crippen LogP contribution is 2.36. The van der Waals surface area contributed by atoms with E-state index in [4.69, 9.17) is 5.11 Å². The van der Waals surface area contributed by atoms with Crippen LogP contribution in [0.4, 0.5) is 13.2 Å². The predicted molar refractivity (Wildman–Crippen MR) is 52.7 cm³/mol. The van der Waals surface area contributed by atoms with Crippen molar-refractivity contribution >= 4 is 0 Å². The largest absolute Gasteiger partial charge is 0.417 e. The third-order valence-electron chi connectivity index (χ3n) is 2.26. The number of aromatic amines is 1. The molecule has 0 radical (unpaired) electrons. The summed E-state index contributed by atoms with van der Waals surface area (Å²) in [5.74, 6) is 0. The molecule has 4 nitrogen and oxygen atoms in total. The van der Waals surface area contributed by atoms with Crippen molar-refractivity contribution < 1.29 is 18.3 Å². The minimum atomic E-state index is -4.47. The maximum atomic E-state index is 12.8. The molecule has 17 heavy (non-hydrogen) atoms. The third kappa shape index (κ3) is 2.14. The molecular weight excluding hydrogens is 235 g/mol. The maximum Gasteiger partial charge on any atom is 0.417 e. The average molecular weight is 243 g/mol. The Morgan fingerprint density at radius 3 is 2.53 bits per heavy atom. The average Bonchev–Trinajstić information content (AvgIpc) is 2.75. The first-order valence-corrected chi connectivity index (χ1v) is 4.71. The summed E-state index contributed by atoms with van der Waals surface area (Å²) in [5, 5.41) is 18.4. The van der Waals surface area contributed by atoms with Crippen molar-refractivity contribution in [1.29, 1.82) is 0 Å². The lowest BCUT2D eigenvalue weighted by atomic mass is 10.0. The molecule has 2 rings (SSSR count). The standard InChI is InChI=1S/C10H8F3N3O/c11-10(12,13)7-4-2-1-3-6(7)9-8(5-17)14-16-15-9/h1-4,17H,5H2,(H,14,15,16). The fourth-order valence-corrected chi connectivity index (χ4v) is 1.52. The van der Waals surface area contributed by atoms with E-state index in [0.29, 0.717) is 0 Å². The number of aliphatic hydroxyl groups excluding tert-OH is 1. The van der Waals surface area contributed by atoms with Crippen molar-refractivity contribution in [2.24, 2.45) is 0 Å². The first kappa shape index (κ1) is 11.6. The molecule has 0 bridgehead atoms. The highest BCUT2D eigenvalue weighted by atomic mass is 19.4. The number of rotatable bonds is 2. The molecule has 0 amide bonds. The van der Waals surface area contributed by atoms with Crippen LogP contribution in [-0.4, -0.2) is 20.5 Å². The van der Waals surface area contributed by atoms with Crippen molar-refractivity contribution in [2.45, 2.75) is 12.8 Å². The molecule has 2 aromatic rings.